The van der Waals surface area contributed by atoms with Crippen molar-refractivity contribution in [3.05, 3.63) is 0 Å². The monoisotopic (exact) mass is 207 g/mol. The molecule has 0 aromatic rings. The van der Waals surface area contributed by atoms with Crippen molar-refractivity contribution in [1.29, 1.82) is 0 Å². The number of halogens is 3. The van der Waals surface area contributed by atoms with Gasteiger partial charge in [-0.2, -0.15) is 0 Å². The van der Waals surface area contributed by atoms with Crippen LogP contribution in [0.5, 0.6) is 0 Å². The molecular weight excluding hydrogens is 208 g/mol. The molecule has 0 aliphatic rings. The zero-order valence-electron chi connectivity index (χ0n) is 1.63. The van der Waals surface area contributed by atoms with Gasteiger partial charge in [0.05, 0.1) is 0 Å². The molecule has 0 bridgehead atoms. The molecule has 5 heteroatoms. The van der Waals surface area contributed by atoms with Gasteiger partial charge in [0.25, 0.3) is 0 Å². The summed E-state index contributed by atoms with van der Waals surface area (Å²) in [5, 5.41) is 0. The van der Waals surface area contributed by atoms with Gasteiger partial charge in [0, 0.05) is 0 Å². The third kappa shape index (κ3) is 26.5. The molecule has 27 valence electrons. The van der Waals surface area contributed by atoms with Crippen molar-refractivity contribution in [2.45, 2.75) is 0 Å². The fourth-order valence-corrected chi connectivity index (χ4v) is 0. The van der Waals surface area contributed by atoms with Crippen molar-refractivity contribution in [2.75, 3.05) is 0 Å². The molecule has 0 unspecified atom stereocenters. The minimum atomic E-state index is -5.16. The summed E-state index contributed by atoms with van der Waals surface area (Å²) in [7, 11) is 0. The summed E-state index contributed by atoms with van der Waals surface area (Å²) in [5.74, 6) is 0. The Morgan fingerprint density at radius 3 is 1.00 bits per heavy atom. The zero-order chi connectivity index (χ0) is 3.58. The van der Waals surface area contributed by atoms with Crippen LogP contribution in [-0.2, 0) is 0 Å². The van der Waals surface area contributed by atoms with Gasteiger partial charge in [-0.3, -0.25) is 0 Å². The molecule has 0 aromatic carbocycles. The molecule has 0 amide bonds. The van der Waals surface area contributed by atoms with Crippen LogP contribution in [0, 0.1) is 37.1 Å². The Balaban J connectivity index is 0. The quantitative estimate of drug-likeness (QED) is 0.513. The first-order valence-electron chi connectivity index (χ1n) is 0.567. The molecule has 5 heavy (non-hydrogen) atoms. The van der Waals surface area contributed by atoms with Crippen LogP contribution in [0.25, 0.3) is 0 Å². The van der Waals surface area contributed by atoms with Crippen LogP contribution in [0.2, 0.25) is 0 Å². The van der Waals surface area contributed by atoms with Crippen molar-refractivity contribution in [3.8, 4) is 0 Å². The molecule has 0 aliphatic carbocycles. The first-order valence-corrected chi connectivity index (χ1v) is 4.20. The molecule has 0 saturated carbocycles. The van der Waals surface area contributed by atoms with Crippen molar-refractivity contribution >= 4 is 18.9 Å². The van der Waals surface area contributed by atoms with E-state index in [0.717, 1.165) is 0 Å². The van der Waals surface area contributed by atoms with E-state index in [9.17, 15) is 3.04 Å². The summed E-state index contributed by atoms with van der Waals surface area (Å²) in [6.45, 7) is 0. The first-order chi connectivity index (χ1) is 1.73. The topological polar surface area (TPSA) is 0 Å². The van der Waals surface area contributed by atoms with E-state index < -0.39 is 37.1 Å². The molecule has 0 spiro atoms. The van der Waals surface area contributed by atoms with Crippen molar-refractivity contribution in [3.63, 3.8) is 0 Å². The third-order valence-electron chi connectivity index (χ3n) is 0. The summed E-state index contributed by atoms with van der Waals surface area (Å²) < 4.78 is 29.6. The predicted octanol–water partition coefficient (Wildman–Crippen LogP) is 0.612. The molecule has 0 radical (unpaired) electrons. The first kappa shape index (κ1) is 9.88. The molecule has 0 atom stereocenters. The van der Waals surface area contributed by atoms with Crippen LogP contribution in [0.1, 0.15) is 0 Å². The Labute approximate surface area is 58.1 Å². The fourth-order valence-electron chi connectivity index (χ4n) is 0. The molecule has 0 nitrogen and oxygen atoms in total. The Bertz CT molecular complexity index is 11.6. The van der Waals surface area contributed by atoms with Crippen molar-refractivity contribution in [2.24, 2.45) is 0 Å². The van der Waals surface area contributed by atoms with Gasteiger partial charge in [0.2, 0.25) is 0 Å². The van der Waals surface area contributed by atoms with Crippen molar-refractivity contribution < 1.29 is 40.1 Å². The van der Waals surface area contributed by atoms with E-state index in [-0.39, 0.29) is 18.9 Å². The molecule has 0 N–H and O–H groups in total. The molecular formula is HF3LiNd. The van der Waals surface area contributed by atoms with E-state index >= 15 is 0 Å². The van der Waals surface area contributed by atoms with Gasteiger partial charge >= 0.3 is 59.0 Å². The van der Waals surface area contributed by atoms with E-state index in [1.54, 1.807) is 0 Å². The van der Waals surface area contributed by atoms with Gasteiger partial charge in [-0.25, -0.2) is 0 Å². The summed E-state index contributed by atoms with van der Waals surface area (Å²) in [5.41, 5.74) is 0. The number of rotatable bonds is 0. The van der Waals surface area contributed by atoms with E-state index in [0.29, 0.717) is 0 Å². The van der Waals surface area contributed by atoms with Gasteiger partial charge in [-0.1, -0.05) is 0 Å². The maximum absolute atomic E-state index is 9.88. The van der Waals surface area contributed by atoms with Crippen LogP contribution < -0.4 is 0 Å². The van der Waals surface area contributed by atoms with Gasteiger partial charge in [-0.05, 0) is 0 Å². The van der Waals surface area contributed by atoms with Crippen LogP contribution in [0.15, 0.2) is 0 Å². The van der Waals surface area contributed by atoms with Crippen LogP contribution in [0.3, 0.4) is 0 Å². The SMILES string of the molecule is [F][Nd]([F])[F].[LiH]. The van der Waals surface area contributed by atoms with Gasteiger partial charge < -0.3 is 0 Å². The second kappa shape index (κ2) is 5.74. The second-order valence-electron chi connectivity index (χ2n) is 0.214. The third-order valence-corrected chi connectivity index (χ3v) is 0. The van der Waals surface area contributed by atoms with E-state index in [1.165, 1.54) is 0 Å². The Morgan fingerprint density at radius 2 is 1.00 bits per heavy atom. The summed E-state index contributed by atoms with van der Waals surface area (Å²) in [6.07, 6.45) is 0. The average Bonchev–Trinajstić information content (AvgIpc) is 0.811. The molecule has 0 aliphatic heterocycles. The summed E-state index contributed by atoms with van der Waals surface area (Å²) >= 11 is -5.16. The number of hydrogen-bond acceptors (Lipinski definition) is 0. The van der Waals surface area contributed by atoms with Gasteiger partial charge in [0.15, 0.2) is 0 Å². The maximum atomic E-state index is 9.88. The Morgan fingerprint density at radius 1 is 1.00 bits per heavy atom. The van der Waals surface area contributed by atoms with Crippen LogP contribution in [0.4, 0.5) is 3.04 Å². The second-order valence-corrected chi connectivity index (χ2v) is 1.59. The Hall–Kier alpha value is 1.74. The molecule has 0 heterocycles. The van der Waals surface area contributed by atoms with E-state index in [1.807, 2.05) is 0 Å². The minimum absolute atomic E-state index is 0. The molecule has 0 saturated heterocycles. The van der Waals surface area contributed by atoms with E-state index in [4.69, 9.17) is 0 Å². The summed E-state index contributed by atoms with van der Waals surface area (Å²) in [6, 6.07) is 0. The molecule has 0 rings (SSSR count). The van der Waals surface area contributed by atoms with Crippen molar-refractivity contribution in [1.82, 2.24) is 0 Å². The summed E-state index contributed by atoms with van der Waals surface area (Å²) in [4.78, 5) is 0. The van der Waals surface area contributed by atoms with Crippen LogP contribution >= 0.6 is 0 Å². The van der Waals surface area contributed by atoms with Gasteiger partial charge in [0.1, 0.15) is 0 Å². The van der Waals surface area contributed by atoms with Crippen LogP contribution in [-0.4, -0.2) is 18.9 Å². The Kier molecular flexibility index (Phi) is 11.3. The number of hydrogen-bond donors (Lipinski definition) is 0. The molecule has 0 fully saturated rings. The zero-order valence-corrected chi connectivity index (χ0v) is 4.84. The van der Waals surface area contributed by atoms with E-state index in [2.05, 4.69) is 0 Å². The standard InChI is InChI=1S/3FH.Li.Nd.H/h3*1H;;;/q;;;;+3;/p-3. The fraction of sp³-hybridized carbons (Fsp3) is 0. The molecule has 0 aromatic heterocycles. The predicted molar refractivity (Wildman–Crippen MR) is 10.5 cm³/mol. The average molecular weight is 209 g/mol. The van der Waals surface area contributed by atoms with Gasteiger partial charge in [-0.15, -0.1) is 0 Å². The normalized spacial score (nSPS) is 5.40.